The number of sulfonamides is 1. The van der Waals surface area contributed by atoms with E-state index in [1.54, 1.807) is 31.2 Å². The lowest BCUT2D eigenvalue weighted by atomic mass is 9.82. The molecule has 38 heavy (non-hydrogen) atoms. The van der Waals surface area contributed by atoms with E-state index < -0.39 is 16.0 Å². The molecule has 1 aliphatic heterocycles. The molecule has 1 aliphatic rings. The average Bonchev–Trinajstić information content (AvgIpc) is 3.16. The number of hydrogen-bond donors (Lipinski definition) is 0. The van der Waals surface area contributed by atoms with Crippen molar-refractivity contribution in [1.29, 1.82) is 0 Å². The lowest BCUT2D eigenvalue weighted by molar-refractivity contribution is 0.0520. The minimum absolute atomic E-state index is 0.0293. The van der Waals surface area contributed by atoms with Crippen molar-refractivity contribution in [2.75, 3.05) is 37.7 Å². The third kappa shape index (κ3) is 5.76. The smallest absolute Gasteiger partial charge is 0.360 e. The first-order valence-electron chi connectivity index (χ1n) is 12.7. The van der Waals surface area contributed by atoms with Gasteiger partial charge in [0.1, 0.15) is 0 Å². The predicted octanol–water partition coefficient (Wildman–Crippen LogP) is 5.70. The standard InChI is InChI=1S/C27H32Cl2N4O4S/c1-5-27(3,4)18-8-10-19(11-9-18)38(35,36)33-13-7-12-32(14-15-33)25-24(26(34)37-6-2)30-22-16-20(28)21(29)17-23(22)31-25/h8-11,16-17H,5-7,12-15H2,1-4H3. The normalized spacial score (nSPS) is 15.5. The number of anilines is 1. The topological polar surface area (TPSA) is 92.7 Å². The highest BCUT2D eigenvalue weighted by Crippen LogP contribution is 2.31. The van der Waals surface area contributed by atoms with Crippen LogP contribution in [0.5, 0.6) is 0 Å². The molecule has 204 valence electrons. The second-order valence-electron chi connectivity index (χ2n) is 9.88. The summed E-state index contributed by atoms with van der Waals surface area (Å²) in [6, 6.07) is 10.3. The zero-order valence-electron chi connectivity index (χ0n) is 22.0. The van der Waals surface area contributed by atoms with E-state index >= 15 is 0 Å². The van der Waals surface area contributed by atoms with Gasteiger partial charge >= 0.3 is 5.97 Å². The molecule has 3 aromatic rings. The van der Waals surface area contributed by atoms with Crippen molar-refractivity contribution in [3.05, 3.63) is 57.7 Å². The highest BCUT2D eigenvalue weighted by molar-refractivity contribution is 7.89. The van der Waals surface area contributed by atoms with E-state index in [1.165, 1.54) is 4.31 Å². The molecule has 0 spiro atoms. The predicted molar refractivity (Wildman–Crippen MR) is 151 cm³/mol. The van der Waals surface area contributed by atoms with Gasteiger partial charge in [-0.2, -0.15) is 4.31 Å². The Morgan fingerprint density at radius 3 is 2.21 bits per heavy atom. The molecule has 1 aromatic heterocycles. The Bertz CT molecular complexity index is 1450. The summed E-state index contributed by atoms with van der Waals surface area (Å²) in [5.41, 5.74) is 2.02. The number of ether oxygens (including phenoxy) is 1. The number of rotatable bonds is 7. The first-order chi connectivity index (χ1) is 18.0. The fraction of sp³-hybridized carbons (Fsp3) is 0.444. The van der Waals surface area contributed by atoms with Crippen LogP contribution in [-0.2, 0) is 20.2 Å². The van der Waals surface area contributed by atoms with Crippen LogP contribution in [-0.4, -0.2) is 61.4 Å². The molecule has 1 saturated heterocycles. The van der Waals surface area contributed by atoms with E-state index in [-0.39, 0.29) is 29.2 Å². The zero-order valence-corrected chi connectivity index (χ0v) is 24.3. The number of carbonyl (C=O) groups is 1. The fourth-order valence-corrected chi connectivity index (χ4v) is 6.16. The molecule has 2 aromatic carbocycles. The highest BCUT2D eigenvalue weighted by atomic mass is 35.5. The number of carbonyl (C=O) groups excluding carboxylic acids is 1. The summed E-state index contributed by atoms with van der Waals surface area (Å²) in [4.78, 5) is 24.1. The Morgan fingerprint density at radius 2 is 1.61 bits per heavy atom. The molecule has 1 fully saturated rings. The summed E-state index contributed by atoms with van der Waals surface area (Å²) >= 11 is 12.3. The van der Waals surface area contributed by atoms with Crippen LogP contribution >= 0.6 is 23.2 Å². The van der Waals surface area contributed by atoms with Crippen LogP contribution in [0.1, 0.15) is 56.6 Å². The quantitative estimate of drug-likeness (QED) is 0.332. The molecule has 0 aliphatic carbocycles. The molecule has 0 unspecified atom stereocenters. The maximum atomic E-state index is 13.5. The Kier molecular flexibility index (Phi) is 8.52. The zero-order chi connectivity index (χ0) is 27.7. The SMILES string of the molecule is CCOC(=O)c1nc2cc(Cl)c(Cl)cc2nc1N1CCCN(S(=O)(=O)c2ccc(C(C)(C)CC)cc2)CC1. The molecule has 2 heterocycles. The van der Waals surface area contributed by atoms with Gasteiger partial charge in [0, 0.05) is 26.2 Å². The van der Waals surface area contributed by atoms with E-state index in [0.29, 0.717) is 53.0 Å². The van der Waals surface area contributed by atoms with Crippen molar-refractivity contribution in [3.63, 3.8) is 0 Å². The molecular weight excluding hydrogens is 547 g/mol. The molecule has 0 amide bonds. The van der Waals surface area contributed by atoms with Gasteiger partial charge in [-0.3, -0.25) is 0 Å². The van der Waals surface area contributed by atoms with E-state index in [1.807, 2.05) is 17.0 Å². The first kappa shape index (κ1) is 28.5. The van der Waals surface area contributed by atoms with Crippen molar-refractivity contribution in [2.24, 2.45) is 0 Å². The summed E-state index contributed by atoms with van der Waals surface area (Å²) < 4.78 is 33.7. The minimum atomic E-state index is -3.69. The Hall–Kier alpha value is -2.46. The van der Waals surface area contributed by atoms with E-state index in [2.05, 4.69) is 30.7 Å². The molecule has 0 atom stereocenters. The van der Waals surface area contributed by atoms with Crippen molar-refractivity contribution in [2.45, 2.75) is 50.8 Å². The molecule has 8 nitrogen and oxygen atoms in total. The highest BCUT2D eigenvalue weighted by Gasteiger charge is 2.30. The van der Waals surface area contributed by atoms with Crippen LogP contribution in [0.2, 0.25) is 10.0 Å². The van der Waals surface area contributed by atoms with Gasteiger partial charge in [0.15, 0.2) is 11.5 Å². The third-order valence-corrected chi connectivity index (χ3v) is 9.70. The van der Waals surface area contributed by atoms with Gasteiger partial charge in [-0.15, -0.1) is 0 Å². The van der Waals surface area contributed by atoms with E-state index in [0.717, 1.165) is 12.0 Å². The molecular formula is C27H32Cl2N4O4S. The summed E-state index contributed by atoms with van der Waals surface area (Å²) in [5.74, 6) is -0.272. The van der Waals surface area contributed by atoms with Gasteiger partial charge in [0.05, 0.1) is 32.6 Å². The fourth-order valence-electron chi connectivity index (χ4n) is 4.38. The molecule has 0 N–H and O–H groups in total. The Morgan fingerprint density at radius 1 is 0.974 bits per heavy atom. The number of esters is 1. The van der Waals surface area contributed by atoms with E-state index in [9.17, 15) is 13.2 Å². The molecule has 0 bridgehead atoms. The summed E-state index contributed by atoms with van der Waals surface area (Å²) in [5, 5.41) is 0.628. The number of fused-ring (bicyclic) bond motifs is 1. The lowest BCUT2D eigenvalue weighted by Gasteiger charge is -2.25. The maximum Gasteiger partial charge on any atom is 0.360 e. The lowest BCUT2D eigenvalue weighted by Crippen LogP contribution is -2.36. The second-order valence-corrected chi connectivity index (χ2v) is 12.6. The summed E-state index contributed by atoms with van der Waals surface area (Å²) in [6.45, 7) is 9.69. The van der Waals surface area contributed by atoms with E-state index in [4.69, 9.17) is 27.9 Å². The van der Waals surface area contributed by atoms with Crippen LogP contribution in [0.4, 0.5) is 5.82 Å². The Labute approximate surface area is 234 Å². The van der Waals surface area contributed by atoms with Crippen molar-refractivity contribution < 1.29 is 17.9 Å². The number of benzene rings is 2. The van der Waals surface area contributed by atoms with Crippen LogP contribution in [0.3, 0.4) is 0 Å². The minimum Gasteiger partial charge on any atom is -0.461 e. The monoisotopic (exact) mass is 578 g/mol. The van der Waals surface area contributed by atoms with Crippen LogP contribution < -0.4 is 4.90 Å². The summed E-state index contributed by atoms with van der Waals surface area (Å²) in [6.07, 6.45) is 1.50. The number of nitrogens with zero attached hydrogens (tertiary/aromatic N) is 4. The molecule has 11 heteroatoms. The third-order valence-electron chi connectivity index (χ3n) is 7.07. The van der Waals surface area contributed by atoms with Crippen molar-refractivity contribution in [1.82, 2.24) is 14.3 Å². The van der Waals surface area contributed by atoms with Crippen LogP contribution in [0.15, 0.2) is 41.3 Å². The van der Waals surface area contributed by atoms with Crippen LogP contribution in [0.25, 0.3) is 11.0 Å². The largest absolute Gasteiger partial charge is 0.461 e. The number of halogens is 2. The van der Waals surface area contributed by atoms with Crippen molar-refractivity contribution >= 4 is 56.0 Å². The molecule has 0 saturated carbocycles. The average molecular weight is 580 g/mol. The van der Waals surface area contributed by atoms with Gasteiger partial charge in [0.2, 0.25) is 10.0 Å². The van der Waals surface area contributed by atoms with Gasteiger partial charge in [-0.25, -0.2) is 23.2 Å². The molecule has 4 rings (SSSR count). The first-order valence-corrected chi connectivity index (χ1v) is 14.9. The van der Waals surface area contributed by atoms with Crippen LogP contribution in [0, 0.1) is 0 Å². The second kappa shape index (κ2) is 11.3. The molecule has 0 radical (unpaired) electrons. The van der Waals surface area contributed by atoms with Crippen molar-refractivity contribution in [3.8, 4) is 0 Å². The number of aromatic nitrogens is 2. The van der Waals surface area contributed by atoms with Gasteiger partial charge in [-0.1, -0.05) is 56.1 Å². The van der Waals surface area contributed by atoms with Gasteiger partial charge in [0.25, 0.3) is 0 Å². The van der Waals surface area contributed by atoms with Gasteiger partial charge in [-0.05, 0) is 55.0 Å². The van der Waals surface area contributed by atoms with Gasteiger partial charge < -0.3 is 9.64 Å². The Balaban J connectivity index is 1.62. The maximum absolute atomic E-state index is 13.5. The summed E-state index contributed by atoms with van der Waals surface area (Å²) in [7, 11) is -3.69. The number of hydrogen-bond acceptors (Lipinski definition) is 7.